The van der Waals surface area contributed by atoms with Gasteiger partial charge in [0.25, 0.3) is 0 Å². The average Bonchev–Trinajstić information content (AvgIpc) is 2.91. The Labute approximate surface area is 219 Å². The molecule has 2 aliphatic carbocycles. The van der Waals surface area contributed by atoms with Gasteiger partial charge in [0.2, 0.25) is 0 Å². The van der Waals surface area contributed by atoms with Crippen molar-refractivity contribution in [2.75, 3.05) is 13.2 Å². The second-order valence-electron chi connectivity index (χ2n) is 10.5. The molecule has 4 rings (SSSR count). The summed E-state index contributed by atoms with van der Waals surface area (Å²) in [6.45, 7) is 5.47. The summed E-state index contributed by atoms with van der Waals surface area (Å²) in [5.41, 5.74) is 1.49. The molecular formula is C31H41F3O3. The molecule has 0 radical (unpaired) electrons. The van der Waals surface area contributed by atoms with Crippen molar-refractivity contribution in [3.05, 3.63) is 64.5 Å². The van der Waals surface area contributed by atoms with Crippen LogP contribution in [0.4, 0.5) is 13.2 Å². The first kappa shape index (κ1) is 28.0. The molecule has 0 heterocycles. The summed E-state index contributed by atoms with van der Waals surface area (Å²) < 4.78 is 61.9. The van der Waals surface area contributed by atoms with Crippen LogP contribution in [0.15, 0.2) is 30.3 Å². The van der Waals surface area contributed by atoms with Crippen LogP contribution >= 0.6 is 0 Å². The fourth-order valence-corrected chi connectivity index (χ4v) is 5.79. The van der Waals surface area contributed by atoms with Gasteiger partial charge in [-0.2, -0.15) is 0 Å². The highest BCUT2D eigenvalue weighted by Gasteiger charge is 2.30. The number of hydrogen-bond acceptors (Lipinski definition) is 3. The molecule has 0 aliphatic heterocycles. The van der Waals surface area contributed by atoms with E-state index in [1.165, 1.54) is 6.07 Å². The maximum absolute atomic E-state index is 15.2. The quantitative estimate of drug-likeness (QED) is 0.279. The van der Waals surface area contributed by atoms with Gasteiger partial charge in [0, 0.05) is 18.2 Å². The number of hydrogen-bond donors (Lipinski definition) is 0. The van der Waals surface area contributed by atoms with Gasteiger partial charge < -0.3 is 14.2 Å². The molecule has 37 heavy (non-hydrogen) atoms. The van der Waals surface area contributed by atoms with Crippen molar-refractivity contribution in [3.63, 3.8) is 0 Å². The smallest absolute Gasteiger partial charge is 0.162 e. The molecule has 2 aromatic rings. The summed E-state index contributed by atoms with van der Waals surface area (Å²) in [5.74, 6) is -1.14. The number of halogens is 3. The lowest BCUT2D eigenvalue weighted by molar-refractivity contribution is 0.0118. The lowest BCUT2D eigenvalue weighted by Gasteiger charge is -2.31. The van der Waals surface area contributed by atoms with Crippen LogP contribution in [0, 0.1) is 17.5 Å². The van der Waals surface area contributed by atoms with Gasteiger partial charge in [0.1, 0.15) is 11.6 Å². The molecule has 204 valence electrons. The average molecular weight is 519 g/mol. The number of benzene rings is 2. The maximum atomic E-state index is 15.2. The summed E-state index contributed by atoms with van der Waals surface area (Å²) in [6.07, 6.45) is 8.85. The van der Waals surface area contributed by atoms with Crippen LogP contribution in [0.25, 0.3) is 0 Å². The SMILES string of the molecule is CCCCOC1CCC(c2ccc(C3CCC(OCc4ccc(OCC)cc4F)CC3)c(F)c2F)CC1. The predicted molar refractivity (Wildman–Crippen MR) is 140 cm³/mol. The maximum Gasteiger partial charge on any atom is 0.162 e. The van der Waals surface area contributed by atoms with Crippen molar-refractivity contribution in [1.82, 2.24) is 0 Å². The van der Waals surface area contributed by atoms with Crippen molar-refractivity contribution >= 4 is 0 Å². The Kier molecular flexibility index (Phi) is 10.3. The van der Waals surface area contributed by atoms with Crippen LogP contribution in [0.5, 0.6) is 5.75 Å². The van der Waals surface area contributed by atoms with Gasteiger partial charge in [0.05, 0.1) is 25.4 Å². The lowest BCUT2D eigenvalue weighted by Crippen LogP contribution is -2.23. The Balaban J connectivity index is 1.27. The first-order valence-electron chi connectivity index (χ1n) is 14.1. The van der Waals surface area contributed by atoms with Crippen LogP contribution in [0.2, 0.25) is 0 Å². The van der Waals surface area contributed by atoms with Crippen molar-refractivity contribution in [2.24, 2.45) is 0 Å². The van der Waals surface area contributed by atoms with Crippen LogP contribution in [-0.4, -0.2) is 25.4 Å². The third-order valence-electron chi connectivity index (χ3n) is 8.03. The molecule has 2 saturated carbocycles. The van der Waals surface area contributed by atoms with E-state index in [9.17, 15) is 4.39 Å². The van der Waals surface area contributed by atoms with E-state index in [2.05, 4.69) is 6.92 Å². The fourth-order valence-electron chi connectivity index (χ4n) is 5.79. The fraction of sp³-hybridized carbons (Fsp3) is 0.613. The molecule has 0 saturated heterocycles. The molecule has 0 atom stereocenters. The molecule has 0 N–H and O–H groups in total. The van der Waals surface area contributed by atoms with E-state index < -0.39 is 11.6 Å². The van der Waals surface area contributed by atoms with E-state index in [1.807, 2.05) is 13.0 Å². The molecule has 6 heteroatoms. The first-order chi connectivity index (χ1) is 18.0. The Morgan fingerprint density at radius 1 is 0.730 bits per heavy atom. The molecule has 0 unspecified atom stereocenters. The minimum absolute atomic E-state index is 0.0101. The molecule has 0 bridgehead atoms. The zero-order valence-corrected chi connectivity index (χ0v) is 22.2. The molecule has 0 spiro atoms. The third kappa shape index (κ3) is 7.29. The Bertz CT molecular complexity index is 995. The van der Waals surface area contributed by atoms with E-state index in [-0.39, 0.29) is 36.5 Å². The molecule has 2 fully saturated rings. The number of unbranched alkanes of at least 4 members (excludes halogenated alkanes) is 1. The van der Waals surface area contributed by atoms with E-state index in [0.717, 1.165) is 70.8 Å². The van der Waals surface area contributed by atoms with Gasteiger partial charge in [0.15, 0.2) is 11.6 Å². The Morgan fingerprint density at radius 3 is 1.81 bits per heavy atom. The van der Waals surface area contributed by atoms with Gasteiger partial charge in [-0.1, -0.05) is 31.5 Å². The second-order valence-corrected chi connectivity index (χ2v) is 10.5. The van der Waals surface area contributed by atoms with Crippen molar-refractivity contribution in [1.29, 1.82) is 0 Å². The number of rotatable bonds is 11. The highest BCUT2D eigenvalue weighted by Crippen LogP contribution is 2.40. The zero-order chi connectivity index (χ0) is 26.2. The van der Waals surface area contributed by atoms with Gasteiger partial charge in [-0.15, -0.1) is 0 Å². The van der Waals surface area contributed by atoms with Crippen molar-refractivity contribution in [2.45, 2.75) is 109 Å². The number of ether oxygens (including phenoxy) is 3. The summed E-state index contributed by atoms with van der Waals surface area (Å²) in [5, 5.41) is 0. The highest BCUT2D eigenvalue weighted by molar-refractivity contribution is 5.32. The molecule has 2 aromatic carbocycles. The summed E-state index contributed by atoms with van der Waals surface area (Å²) in [7, 11) is 0. The van der Waals surface area contributed by atoms with Gasteiger partial charge >= 0.3 is 0 Å². The molecule has 0 aromatic heterocycles. The lowest BCUT2D eigenvalue weighted by atomic mass is 9.79. The second kappa shape index (κ2) is 13.7. The Hall–Kier alpha value is -2.05. The van der Waals surface area contributed by atoms with Crippen molar-refractivity contribution < 1.29 is 27.4 Å². The van der Waals surface area contributed by atoms with Gasteiger partial charge in [-0.3, -0.25) is 0 Å². The summed E-state index contributed by atoms with van der Waals surface area (Å²) in [6, 6.07) is 8.44. The molecule has 0 amide bonds. The predicted octanol–water partition coefficient (Wildman–Crippen LogP) is 8.59. The molecule has 3 nitrogen and oxygen atoms in total. The minimum atomic E-state index is -0.681. The van der Waals surface area contributed by atoms with Crippen LogP contribution in [0.3, 0.4) is 0 Å². The molecular weight excluding hydrogens is 477 g/mol. The monoisotopic (exact) mass is 518 g/mol. The van der Waals surface area contributed by atoms with Crippen LogP contribution in [-0.2, 0) is 16.1 Å². The highest BCUT2D eigenvalue weighted by atomic mass is 19.2. The van der Waals surface area contributed by atoms with E-state index in [0.29, 0.717) is 29.0 Å². The normalized spacial score (nSPS) is 24.2. The minimum Gasteiger partial charge on any atom is -0.494 e. The summed E-state index contributed by atoms with van der Waals surface area (Å²) in [4.78, 5) is 0. The van der Waals surface area contributed by atoms with Crippen molar-refractivity contribution in [3.8, 4) is 5.75 Å². The Morgan fingerprint density at radius 2 is 1.30 bits per heavy atom. The summed E-state index contributed by atoms with van der Waals surface area (Å²) >= 11 is 0. The van der Waals surface area contributed by atoms with Crippen LogP contribution < -0.4 is 4.74 Å². The first-order valence-corrected chi connectivity index (χ1v) is 14.1. The van der Waals surface area contributed by atoms with Crippen LogP contribution in [0.1, 0.15) is 107 Å². The third-order valence-corrected chi connectivity index (χ3v) is 8.03. The largest absolute Gasteiger partial charge is 0.494 e. The standard InChI is InChI=1S/C31H41F3O3/c1-3-5-18-36-24-11-6-21(7-12-24)27-16-17-28(31(34)30(27)33)22-8-13-25(14-9-22)37-20-23-10-15-26(35-4-2)19-29(23)32/h10,15-17,19,21-22,24-25H,3-9,11-14,18,20H2,1-2H3. The van der Waals surface area contributed by atoms with E-state index in [1.54, 1.807) is 18.2 Å². The van der Waals surface area contributed by atoms with Gasteiger partial charge in [-0.05, 0) is 93.7 Å². The topological polar surface area (TPSA) is 27.7 Å². The molecule has 2 aliphatic rings. The zero-order valence-electron chi connectivity index (χ0n) is 22.2. The van der Waals surface area contributed by atoms with E-state index >= 15 is 8.78 Å². The van der Waals surface area contributed by atoms with E-state index in [4.69, 9.17) is 14.2 Å². The van der Waals surface area contributed by atoms with Gasteiger partial charge in [-0.25, -0.2) is 13.2 Å².